The van der Waals surface area contributed by atoms with E-state index < -0.39 is 0 Å². The largest absolute Gasteiger partial charge is 0.332 e. The molecule has 2 aromatic carbocycles. The Bertz CT molecular complexity index is 758. The van der Waals surface area contributed by atoms with E-state index in [9.17, 15) is 4.79 Å². The number of hydrogen-bond acceptors (Lipinski definition) is 1. The summed E-state index contributed by atoms with van der Waals surface area (Å²) in [5, 5.41) is 0.814. The van der Waals surface area contributed by atoms with Crippen molar-refractivity contribution in [3.63, 3.8) is 0 Å². The highest BCUT2D eigenvalue weighted by atomic mass is 35.5. The highest BCUT2D eigenvalue weighted by Gasteiger charge is 2.41. The quantitative estimate of drug-likeness (QED) is 0.743. The molecule has 1 saturated heterocycles. The van der Waals surface area contributed by atoms with E-state index in [4.69, 9.17) is 11.6 Å². The van der Waals surface area contributed by atoms with Crippen LogP contribution in [0.1, 0.15) is 54.8 Å². The average Bonchev–Trinajstić information content (AvgIpc) is 2.61. The minimum atomic E-state index is 0.125. The Kier molecular flexibility index (Phi) is 4.09. The van der Waals surface area contributed by atoms with Crippen molar-refractivity contribution in [2.24, 2.45) is 0 Å². The Morgan fingerprint density at radius 1 is 1.08 bits per heavy atom. The number of benzene rings is 2. The van der Waals surface area contributed by atoms with Gasteiger partial charge in [0, 0.05) is 23.4 Å². The summed E-state index contributed by atoms with van der Waals surface area (Å²) in [6.45, 7) is 2.16. The van der Waals surface area contributed by atoms with Crippen LogP contribution in [-0.2, 0) is 11.2 Å². The van der Waals surface area contributed by atoms with Gasteiger partial charge in [-0.05, 0) is 55.0 Å². The third-order valence-electron chi connectivity index (χ3n) is 5.69. The summed E-state index contributed by atoms with van der Waals surface area (Å²) >= 11 is 6.17. The summed E-state index contributed by atoms with van der Waals surface area (Å²) < 4.78 is 0. The van der Waals surface area contributed by atoms with Gasteiger partial charge in [-0.15, -0.1) is 0 Å². The second kappa shape index (κ2) is 6.25. The van der Waals surface area contributed by atoms with Crippen LogP contribution in [0.15, 0.2) is 48.5 Å². The van der Waals surface area contributed by atoms with E-state index in [0.29, 0.717) is 24.3 Å². The number of rotatable bonds is 2. The lowest BCUT2D eigenvalue weighted by atomic mass is 9.73. The molecule has 0 saturated carbocycles. The van der Waals surface area contributed by atoms with Crippen molar-refractivity contribution in [2.75, 3.05) is 0 Å². The molecule has 3 heteroatoms. The van der Waals surface area contributed by atoms with Crippen LogP contribution in [0.25, 0.3) is 0 Å². The van der Waals surface area contributed by atoms with Crippen molar-refractivity contribution in [1.29, 1.82) is 0 Å². The van der Waals surface area contributed by atoms with Gasteiger partial charge in [0.2, 0.25) is 5.91 Å². The lowest BCUT2D eigenvalue weighted by Gasteiger charge is -2.47. The minimum absolute atomic E-state index is 0.125. The zero-order valence-electron chi connectivity index (χ0n) is 13.9. The fourth-order valence-corrected chi connectivity index (χ4v) is 4.73. The number of amides is 1. The predicted molar refractivity (Wildman–Crippen MR) is 97.2 cm³/mol. The Morgan fingerprint density at radius 3 is 2.67 bits per heavy atom. The molecule has 2 aliphatic rings. The summed E-state index contributed by atoms with van der Waals surface area (Å²) in [6, 6.07) is 17.1. The van der Waals surface area contributed by atoms with Crippen LogP contribution < -0.4 is 0 Å². The van der Waals surface area contributed by atoms with Gasteiger partial charge in [0.05, 0.1) is 6.04 Å². The van der Waals surface area contributed by atoms with Gasteiger partial charge in [0.1, 0.15) is 0 Å². The smallest absolute Gasteiger partial charge is 0.223 e. The van der Waals surface area contributed by atoms with Gasteiger partial charge in [-0.3, -0.25) is 4.79 Å². The average molecular weight is 340 g/mol. The Hall–Kier alpha value is -1.80. The first-order valence-electron chi connectivity index (χ1n) is 8.79. The normalized spacial score (nSPS) is 24.2. The van der Waals surface area contributed by atoms with E-state index in [1.54, 1.807) is 0 Å². The molecule has 1 aliphatic carbocycles. The van der Waals surface area contributed by atoms with E-state index in [0.717, 1.165) is 24.3 Å². The summed E-state index contributed by atoms with van der Waals surface area (Å²) in [6.07, 6.45) is 3.62. The maximum Gasteiger partial charge on any atom is 0.223 e. The van der Waals surface area contributed by atoms with E-state index in [-0.39, 0.29) is 6.04 Å². The summed E-state index contributed by atoms with van der Waals surface area (Å²) in [5.74, 6) is 0.736. The SMILES string of the molecule is CC(c1ccccc1)N1C(=O)CC[C@@H]2c3ccc(Cl)cc3CC[C@H]21. The van der Waals surface area contributed by atoms with Gasteiger partial charge in [-0.2, -0.15) is 0 Å². The Morgan fingerprint density at radius 2 is 1.88 bits per heavy atom. The molecule has 1 amide bonds. The molecule has 2 aromatic rings. The number of nitrogens with zero attached hydrogens (tertiary/aromatic N) is 1. The third-order valence-corrected chi connectivity index (χ3v) is 5.93. The summed E-state index contributed by atoms with van der Waals surface area (Å²) in [7, 11) is 0. The highest BCUT2D eigenvalue weighted by molar-refractivity contribution is 6.30. The molecule has 1 fully saturated rings. The minimum Gasteiger partial charge on any atom is -0.332 e. The van der Waals surface area contributed by atoms with Gasteiger partial charge in [0.25, 0.3) is 0 Å². The molecule has 1 heterocycles. The molecule has 4 rings (SSSR count). The molecule has 0 spiro atoms. The number of fused-ring (bicyclic) bond motifs is 3. The fraction of sp³-hybridized carbons (Fsp3) is 0.381. The van der Waals surface area contributed by atoms with Crippen molar-refractivity contribution in [3.05, 3.63) is 70.2 Å². The molecule has 0 radical (unpaired) electrons. The zero-order chi connectivity index (χ0) is 16.7. The lowest BCUT2D eigenvalue weighted by molar-refractivity contribution is -0.140. The standard InChI is InChI=1S/C21H22ClNO/c1-14(15-5-3-2-4-6-15)23-20-11-7-16-13-17(22)8-9-18(16)19(20)10-12-21(23)24/h2-6,8-9,13-14,19-20H,7,10-12H2,1H3/t14?,19-,20-/m1/s1. The van der Waals surface area contributed by atoms with Gasteiger partial charge in [0.15, 0.2) is 0 Å². The lowest BCUT2D eigenvalue weighted by Crippen LogP contribution is -2.50. The number of carbonyl (C=O) groups excluding carboxylic acids is 1. The predicted octanol–water partition coefficient (Wildman–Crippen LogP) is 5.12. The van der Waals surface area contributed by atoms with Crippen LogP contribution in [0.3, 0.4) is 0 Å². The molecular weight excluding hydrogens is 318 g/mol. The first kappa shape index (κ1) is 15.7. The van der Waals surface area contributed by atoms with Gasteiger partial charge < -0.3 is 4.90 Å². The monoisotopic (exact) mass is 339 g/mol. The number of carbonyl (C=O) groups is 1. The first-order chi connectivity index (χ1) is 11.6. The summed E-state index contributed by atoms with van der Waals surface area (Å²) in [4.78, 5) is 14.9. The molecule has 24 heavy (non-hydrogen) atoms. The Balaban J connectivity index is 1.69. The van der Waals surface area contributed by atoms with E-state index in [2.05, 4.69) is 48.2 Å². The van der Waals surface area contributed by atoms with Crippen molar-refractivity contribution in [1.82, 2.24) is 4.90 Å². The number of hydrogen-bond donors (Lipinski definition) is 0. The van der Waals surface area contributed by atoms with Crippen LogP contribution in [0, 0.1) is 0 Å². The molecular formula is C21H22ClNO. The van der Waals surface area contributed by atoms with Crippen LogP contribution >= 0.6 is 11.6 Å². The van der Waals surface area contributed by atoms with Crippen LogP contribution in [0.2, 0.25) is 5.02 Å². The number of piperidine rings is 1. The highest BCUT2D eigenvalue weighted by Crippen LogP contribution is 2.44. The third kappa shape index (κ3) is 2.63. The van der Waals surface area contributed by atoms with Gasteiger partial charge in [-0.25, -0.2) is 0 Å². The second-order valence-corrected chi connectivity index (χ2v) is 7.42. The molecule has 1 aliphatic heterocycles. The molecule has 1 unspecified atom stereocenters. The summed E-state index contributed by atoms with van der Waals surface area (Å²) in [5.41, 5.74) is 3.98. The molecule has 124 valence electrons. The van der Waals surface area contributed by atoms with Crippen molar-refractivity contribution < 1.29 is 4.79 Å². The van der Waals surface area contributed by atoms with E-state index in [1.807, 2.05) is 12.1 Å². The second-order valence-electron chi connectivity index (χ2n) is 6.98. The molecule has 0 aromatic heterocycles. The van der Waals surface area contributed by atoms with Crippen molar-refractivity contribution in [2.45, 2.75) is 50.6 Å². The van der Waals surface area contributed by atoms with Crippen LogP contribution in [0.4, 0.5) is 0 Å². The number of halogens is 1. The van der Waals surface area contributed by atoms with E-state index in [1.165, 1.54) is 16.7 Å². The number of aryl methyl sites for hydroxylation is 1. The zero-order valence-corrected chi connectivity index (χ0v) is 14.7. The van der Waals surface area contributed by atoms with Gasteiger partial charge >= 0.3 is 0 Å². The van der Waals surface area contributed by atoms with E-state index >= 15 is 0 Å². The van der Waals surface area contributed by atoms with Crippen molar-refractivity contribution in [3.8, 4) is 0 Å². The maximum atomic E-state index is 12.7. The molecule has 3 atom stereocenters. The number of likely N-dealkylation sites (tertiary alicyclic amines) is 1. The molecule has 0 bridgehead atoms. The van der Waals surface area contributed by atoms with Gasteiger partial charge in [-0.1, -0.05) is 48.0 Å². The Labute approximate surface area is 148 Å². The van der Waals surface area contributed by atoms with Crippen LogP contribution in [0.5, 0.6) is 0 Å². The molecule has 0 N–H and O–H groups in total. The molecule has 2 nitrogen and oxygen atoms in total. The topological polar surface area (TPSA) is 20.3 Å². The van der Waals surface area contributed by atoms with Crippen LogP contribution in [-0.4, -0.2) is 16.8 Å². The first-order valence-corrected chi connectivity index (χ1v) is 9.17. The van der Waals surface area contributed by atoms with Crippen molar-refractivity contribution >= 4 is 17.5 Å². The fourth-order valence-electron chi connectivity index (χ4n) is 4.53. The maximum absolute atomic E-state index is 12.7.